The minimum absolute atomic E-state index is 0.00146. The molecule has 0 aromatic carbocycles. The highest BCUT2D eigenvalue weighted by molar-refractivity contribution is 5.88. The zero-order valence-corrected chi connectivity index (χ0v) is 19.0. The quantitative estimate of drug-likeness (QED) is 0.687. The predicted molar refractivity (Wildman–Crippen MR) is 113 cm³/mol. The molecule has 0 aromatic rings. The van der Waals surface area contributed by atoms with Crippen LogP contribution in [0, 0.1) is 17.3 Å². The zero-order valence-electron chi connectivity index (χ0n) is 19.0. The summed E-state index contributed by atoms with van der Waals surface area (Å²) in [4.78, 5) is 41.7. The maximum atomic E-state index is 13.1. The molecule has 6 heteroatoms. The molecule has 0 unspecified atom stereocenters. The number of likely N-dealkylation sites (tertiary alicyclic amines) is 1. The van der Waals surface area contributed by atoms with Crippen LogP contribution in [0.5, 0.6) is 0 Å². The molecule has 0 bridgehead atoms. The van der Waals surface area contributed by atoms with Gasteiger partial charge in [-0.05, 0) is 43.9 Å². The minimum Gasteiger partial charge on any atom is -0.344 e. The molecule has 162 valence electrons. The number of carbonyl (C=O) groups excluding carboxylic acids is 3. The number of nitrogens with zero attached hydrogens (tertiary/aromatic N) is 2. The predicted octanol–water partition coefficient (Wildman–Crippen LogP) is 3.06. The van der Waals surface area contributed by atoms with Gasteiger partial charge in [-0.2, -0.15) is 0 Å². The molecule has 1 saturated heterocycles. The third-order valence-electron chi connectivity index (χ3n) is 5.30. The first-order valence-electron chi connectivity index (χ1n) is 10.8. The van der Waals surface area contributed by atoms with Crippen molar-refractivity contribution in [2.45, 2.75) is 80.2 Å². The van der Waals surface area contributed by atoms with E-state index in [0.717, 1.165) is 12.8 Å². The number of nitrogens with one attached hydrogen (secondary N) is 1. The summed E-state index contributed by atoms with van der Waals surface area (Å²) in [6.07, 6.45) is 2.45. The van der Waals surface area contributed by atoms with E-state index < -0.39 is 6.04 Å². The molecule has 0 radical (unpaired) electrons. The molecule has 1 atom stereocenters. The minimum atomic E-state index is -0.494. The number of hydrogen-bond donors (Lipinski definition) is 1. The summed E-state index contributed by atoms with van der Waals surface area (Å²) < 4.78 is 0. The Hall–Kier alpha value is -1.59. The lowest BCUT2D eigenvalue weighted by Crippen LogP contribution is -2.55. The first-order valence-corrected chi connectivity index (χ1v) is 10.8. The topological polar surface area (TPSA) is 69.7 Å². The van der Waals surface area contributed by atoms with Crippen molar-refractivity contribution in [1.29, 1.82) is 0 Å². The Bertz CT molecular complexity index is 528. The van der Waals surface area contributed by atoms with Gasteiger partial charge in [-0.15, -0.1) is 0 Å². The second kappa shape index (κ2) is 10.8. The lowest BCUT2D eigenvalue weighted by molar-refractivity contribution is -0.139. The van der Waals surface area contributed by atoms with Crippen LogP contribution in [-0.4, -0.2) is 59.7 Å². The highest BCUT2D eigenvalue weighted by Gasteiger charge is 2.35. The molecule has 0 aromatic heterocycles. The van der Waals surface area contributed by atoms with E-state index in [1.165, 1.54) is 0 Å². The Morgan fingerprint density at radius 2 is 1.61 bits per heavy atom. The molecule has 1 N–H and O–H groups in total. The molecule has 0 saturated carbocycles. The van der Waals surface area contributed by atoms with Crippen LogP contribution in [0.2, 0.25) is 0 Å². The largest absolute Gasteiger partial charge is 0.344 e. The van der Waals surface area contributed by atoms with Gasteiger partial charge in [0.1, 0.15) is 6.04 Å². The van der Waals surface area contributed by atoms with Crippen molar-refractivity contribution in [3.63, 3.8) is 0 Å². The van der Waals surface area contributed by atoms with Gasteiger partial charge >= 0.3 is 0 Å². The number of amides is 3. The summed E-state index contributed by atoms with van der Waals surface area (Å²) in [6.45, 7) is 16.7. The number of piperidine rings is 1. The molecular weight excluding hydrogens is 354 g/mol. The van der Waals surface area contributed by atoms with E-state index in [1.54, 1.807) is 4.90 Å². The molecule has 1 fully saturated rings. The fourth-order valence-electron chi connectivity index (χ4n) is 3.76. The molecule has 3 amide bonds. The fourth-order valence-corrected chi connectivity index (χ4v) is 3.76. The Labute approximate surface area is 171 Å². The third-order valence-corrected chi connectivity index (χ3v) is 5.30. The van der Waals surface area contributed by atoms with Crippen LogP contribution in [0.25, 0.3) is 0 Å². The maximum absolute atomic E-state index is 13.1. The van der Waals surface area contributed by atoms with Gasteiger partial charge in [-0.3, -0.25) is 14.4 Å². The first kappa shape index (κ1) is 24.4. The molecule has 1 aliphatic heterocycles. The van der Waals surface area contributed by atoms with Gasteiger partial charge in [-0.1, -0.05) is 34.6 Å². The Morgan fingerprint density at radius 1 is 1.07 bits per heavy atom. The van der Waals surface area contributed by atoms with Gasteiger partial charge in [0, 0.05) is 39.0 Å². The maximum Gasteiger partial charge on any atom is 0.245 e. The van der Waals surface area contributed by atoms with E-state index in [2.05, 4.69) is 26.1 Å². The second-order valence-electron chi connectivity index (χ2n) is 9.61. The smallest absolute Gasteiger partial charge is 0.245 e. The van der Waals surface area contributed by atoms with Crippen molar-refractivity contribution in [3.05, 3.63) is 0 Å². The fraction of sp³-hybridized carbons (Fsp3) is 0.864. The van der Waals surface area contributed by atoms with Crippen LogP contribution in [-0.2, 0) is 14.4 Å². The zero-order chi connectivity index (χ0) is 21.5. The number of likely N-dealkylation sites (N-methyl/N-ethyl adjacent to an activating group) is 1. The first-order chi connectivity index (χ1) is 13.0. The summed E-state index contributed by atoms with van der Waals surface area (Å²) in [5.74, 6) is 0.443. The Kier molecular flexibility index (Phi) is 9.45. The molecule has 0 aliphatic carbocycles. The summed E-state index contributed by atoms with van der Waals surface area (Å²) in [5.41, 5.74) is -0.0278. The third kappa shape index (κ3) is 7.80. The summed E-state index contributed by atoms with van der Waals surface area (Å²) in [5, 5.41) is 3.02. The Balaban J connectivity index is 2.81. The molecule has 1 aliphatic rings. The van der Waals surface area contributed by atoms with Gasteiger partial charge < -0.3 is 15.1 Å². The highest BCUT2D eigenvalue weighted by Crippen LogP contribution is 2.26. The van der Waals surface area contributed by atoms with Crippen molar-refractivity contribution >= 4 is 17.7 Å². The van der Waals surface area contributed by atoms with Gasteiger partial charge in [-0.25, -0.2) is 0 Å². The SMILES string of the molecule is CCN(CC)C(=O)[C@@H](NC(=O)CC(C)C)C1CCN(C(=O)CC(C)(C)C)CC1. The summed E-state index contributed by atoms with van der Waals surface area (Å²) >= 11 is 0. The van der Waals surface area contributed by atoms with Crippen LogP contribution in [0.3, 0.4) is 0 Å². The van der Waals surface area contributed by atoms with Crippen molar-refractivity contribution in [3.8, 4) is 0 Å². The van der Waals surface area contributed by atoms with Gasteiger partial charge in [0.2, 0.25) is 17.7 Å². The van der Waals surface area contributed by atoms with Crippen molar-refractivity contribution in [2.75, 3.05) is 26.2 Å². The standard InChI is InChI=1S/C22H41N3O3/c1-8-24(9-2)21(28)20(23-18(26)14-16(3)4)17-10-12-25(13-11-17)19(27)15-22(5,6)7/h16-17,20H,8-15H2,1-7H3,(H,23,26)/t20-/m0/s1. The van der Waals surface area contributed by atoms with E-state index in [4.69, 9.17) is 0 Å². The lowest BCUT2D eigenvalue weighted by atomic mass is 9.86. The molecule has 1 rings (SSSR count). The van der Waals surface area contributed by atoms with E-state index in [9.17, 15) is 14.4 Å². The van der Waals surface area contributed by atoms with E-state index in [0.29, 0.717) is 39.0 Å². The monoisotopic (exact) mass is 395 g/mol. The number of rotatable bonds is 8. The van der Waals surface area contributed by atoms with E-state index in [1.807, 2.05) is 32.6 Å². The summed E-state index contributed by atoms with van der Waals surface area (Å²) in [7, 11) is 0. The molecule has 6 nitrogen and oxygen atoms in total. The average molecular weight is 396 g/mol. The lowest BCUT2D eigenvalue weighted by Gasteiger charge is -2.38. The number of hydrogen-bond acceptors (Lipinski definition) is 3. The molecule has 0 spiro atoms. The van der Waals surface area contributed by atoms with Crippen molar-refractivity contribution in [2.24, 2.45) is 17.3 Å². The van der Waals surface area contributed by atoms with Crippen molar-refractivity contribution in [1.82, 2.24) is 15.1 Å². The van der Waals surface area contributed by atoms with Gasteiger partial charge in [0.25, 0.3) is 0 Å². The average Bonchev–Trinajstić information content (AvgIpc) is 2.58. The second-order valence-corrected chi connectivity index (χ2v) is 9.61. The highest BCUT2D eigenvalue weighted by atomic mass is 16.2. The van der Waals surface area contributed by atoms with Crippen LogP contribution in [0.4, 0.5) is 0 Å². The van der Waals surface area contributed by atoms with Crippen LogP contribution in [0.1, 0.15) is 74.1 Å². The number of carbonyl (C=O) groups is 3. The van der Waals surface area contributed by atoms with Crippen LogP contribution in [0.15, 0.2) is 0 Å². The molecule has 1 heterocycles. The van der Waals surface area contributed by atoms with Crippen molar-refractivity contribution < 1.29 is 14.4 Å². The van der Waals surface area contributed by atoms with Gasteiger partial charge in [0.05, 0.1) is 0 Å². The van der Waals surface area contributed by atoms with Crippen LogP contribution < -0.4 is 5.32 Å². The van der Waals surface area contributed by atoms with Crippen LogP contribution >= 0.6 is 0 Å². The Morgan fingerprint density at radius 3 is 2.04 bits per heavy atom. The summed E-state index contributed by atoms with van der Waals surface area (Å²) in [6, 6.07) is -0.494. The molecule has 28 heavy (non-hydrogen) atoms. The van der Waals surface area contributed by atoms with E-state index >= 15 is 0 Å². The molecular formula is C22H41N3O3. The van der Waals surface area contributed by atoms with Gasteiger partial charge in [0.15, 0.2) is 0 Å². The normalized spacial score (nSPS) is 16.8. The van der Waals surface area contributed by atoms with E-state index in [-0.39, 0.29) is 35.0 Å².